The van der Waals surface area contributed by atoms with Gasteiger partial charge < -0.3 is 0 Å². The maximum atomic E-state index is 11.7. The molecule has 0 heterocycles. The van der Waals surface area contributed by atoms with Gasteiger partial charge in [0.05, 0.1) is 4.43 Å². The van der Waals surface area contributed by atoms with E-state index < -0.39 is 0 Å². The van der Waals surface area contributed by atoms with Gasteiger partial charge in [-0.25, -0.2) is 0 Å². The van der Waals surface area contributed by atoms with Crippen LogP contribution < -0.4 is 0 Å². The zero-order valence-corrected chi connectivity index (χ0v) is 11.5. The van der Waals surface area contributed by atoms with Crippen LogP contribution in [0.1, 0.15) is 51.4 Å². The highest BCUT2D eigenvalue weighted by molar-refractivity contribution is 14.1. The molecule has 0 bridgehead atoms. The molecule has 0 aromatic heterocycles. The Kier molecular flexibility index (Phi) is 4.47. The first-order valence-electron chi connectivity index (χ1n) is 6.40. The number of rotatable bonds is 2. The third-order valence-corrected chi connectivity index (χ3v) is 5.18. The number of halogens is 1. The average molecular weight is 320 g/mol. The molecule has 0 spiro atoms. The zero-order chi connectivity index (χ0) is 10.7. The molecule has 2 rings (SSSR count). The standard InChI is InChI=1S/C13H21IO/c14-9-13(15)12-7-5-10-3-1-2-4-11(10)6-8-12/h10-12H,1-9H2. The molecule has 1 nitrogen and oxygen atoms in total. The first-order valence-corrected chi connectivity index (χ1v) is 7.92. The van der Waals surface area contributed by atoms with Crippen LogP contribution in [-0.2, 0) is 4.79 Å². The second-order valence-corrected chi connectivity index (χ2v) is 6.02. The molecule has 2 saturated carbocycles. The van der Waals surface area contributed by atoms with Crippen LogP contribution in [0.25, 0.3) is 0 Å². The summed E-state index contributed by atoms with van der Waals surface area (Å²) in [5.41, 5.74) is 0. The molecule has 2 fully saturated rings. The van der Waals surface area contributed by atoms with Crippen LogP contribution in [-0.4, -0.2) is 10.2 Å². The maximum absolute atomic E-state index is 11.7. The number of Topliss-reactive ketones (excluding diaryl/α,β-unsaturated/α-hetero) is 1. The number of hydrogen-bond acceptors (Lipinski definition) is 1. The molecule has 0 radical (unpaired) electrons. The minimum absolute atomic E-state index is 0.410. The number of carbonyl (C=O) groups excluding carboxylic acids is 1. The van der Waals surface area contributed by atoms with E-state index in [2.05, 4.69) is 22.6 Å². The van der Waals surface area contributed by atoms with Gasteiger partial charge in [0, 0.05) is 5.92 Å². The molecule has 0 N–H and O–H groups in total. The lowest BCUT2D eigenvalue weighted by Gasteiger charge is -2.29. The van der Waals surface area contributed by atoms with Gasteiger partial charge in [-0.15, -0.1) is 0 Å². The van der Waals surface area contributed by atoms with Gasteiger partial charge in [-0.3, -0.25) is 4.79 Å². The fraction of sp³-hybridized carbons (Fsp3) is 0.923. The van der Waals surface area contributed by atoms with Gasteiger partial charge in [0.15, 0.2) is 0 Å². The molecule has 0 saturated heterocycles. The Bertz CT molecular complexity index is 211. The summed E-state index contributed by atoms with van der Waals surface area (Å²) in [6.07, 6.45) is 10.8. The van der Waals surface area contributed by atoms with E-state index >= 15 is 0 Å². The van der Waals surface area contributed by atoms with Crippen molar-refractivity contribution in [2.45, 2.75) is 51.4 Å². The molecular weight excluding hydrogens is 299 g/mol. The van der Waals surface area contributed by atoms with E-state index in [0.29, 0.717) is 11.7 Å². The van der Waals surface area contributed by atoms with Gasteiger partial charge in [-0.1, -0.05) is 48.3 Å². The second kappa shape index (κ2) is 5.65. The highest BCUT2D eigenvalue weighted by atomic mass is 127. The molecule has 2 heteroatoms. The highest BCUT2D eigenvalue weighted by Gasteiger charge is 2.31. The minimum Gasteiger partial charge on any atom is -0.299 e. The van der Waals surface area contributed by atoms with Crippen molar-refractivity contribution in [1.82, 2.24) is 0 Å². The van der Waals surface area contributed by atoms with Crippen molar-refractivity contribution >= 4 is 28.4 Å². The molecule has 0 aromatic carbocycles. The topological polar surface area (TPSA) is 17.1 Å². The Morgan fingerprint density at radius 1 is 0.933 bits per heavy atom. The minimum atomic E-state index is 0.410. The van der Waals surface area contributed by atoms with Crippen molar-refractivity contribution in [3.8, 4) is 0 Å². The van der Waals surface area contributed by atoms with Crippen LogP contribution in [0.5, 0.6) is 0 Å². The molecule has 86 valence electrons. The first-order chi connectivity index (χ1) is 7.31. The number of alkyl halides is 1. The van der Waals surface area contributed by atoms with Crippen LogP contribution in [0.3, 0.4) is 0 Å². The normalized spacial score (nSPS) is 36.7. The molecule has 0 aliphatic heterocycles. The Morgan fingerprint density at radius 3 is 1.93 bits per heavy atom. The van der Waals surface area contributed by atoms with Gasteiger partial charge in [0.25, 0.3) is 0 Å². The second-order valence-electron chi connectivity index (χ2n) is 5.26. The summed E-state index contributed by atoms with van der Waals surface area (Å²) in [4.78, 5) is 11.7. The Balaban J connectivity index is 1.93. The predicted molar refractivity (Wildman–Crippen MR) is 71.3 cm³/mol. The lowest BCUT2D eigenvalue weighted by Crippen LogP contribution is -2.17. The van der Waals surface area contributed by atoms with Crippen LogP contribution in [0, 0.1) is 17.8 Å². The Labute approximate surface area is 107 Å². The van der Waals surface area contributed by atoms with E-state index in [1.54, 1.807) is 0 Å². The van der Waals surface area contributed by atoms with Gasteiger partial charge in [-0.05, 0) is 37.5 Å². The summed E-state index contributed by atoms with van der Waals surface area (Å²) in [6, 6.07) is 0. The molecule has 0 amide bonds. The quantitative estimate of drug-likeness (QED) is 0.555. The van der Waals surface area contributed by atoms with Crippen LogP contribution in [0.4, 0.5) is 0 Å². The van der Waals surface area contributed by atoms with E-state index in [1.165, 1.54) is 51.4 Å². The van der Waals surface area contributed by atoms with E-state index in [1.807, 2.05) is 0 Å². The average Bonchev–Trinajstić information content (AvgIpc) is 2.50. The zero-order valence-electron chi connectivity index (χ0n) is 9.38. The lowest BCUT2D eigenvalue weighted by atomic mass is 9.77. The molecule has 2 atom stereocenters. The number of fused-ring (bicyclic) bond motifs is 1. The molecule has 2 unspecified atom stereocenters. The molecular formula is C13H21IO. The Morgan fingerprint density at radius 2 is 1.47 bits per heavy atom. The molecule has 2 aliphatic carbocycles. The number of hydrogen-bond donors (Lipinski definition) is 0. The van der Waals surface area contributed by atoms with Crippen LogP contribution in [0.2, 0.25) is 0 Å². The van der Waals surface area contributed by atoms with Crippen molar-refractivity contribution in [1.29, 1.82) is 0 Å². The monoisotopic (exact) mass is 320 g/mol. The predicted octanol–water partition coefficient (Wildman–Crippen LogP) is 3.99. The van der Waals surface area contributed by atoms with E-state index in [4.69, 9.17) is 0 Å². The van der Waals surface area contributed by atoms with Gasteiger partial charge in [0.2, 0.25) is 0 Å². The summed E-state index contributed by atoms with van der Waals surface area (Å²) in [5, 5.41) is 0. The largest absolute Gasteiger partial charge is 0.299 e. The summed E-state index contributed by atoms with van der Waals surface area (Å²) in [5.74, 6) is 2.85. The van der Waals surface area contributed by atoms with Crippen molar-refractivity contribution < 1.29 is 4.79 Å². The van der Waals surface area contributed by atoms with Gasteiger partial charge >= 0.3 is 0 Å². The van der Waals surface area contributed by atoms with E-state index in [0.717, 1.165) is 16.3 Å². The van der Waals surface area contributed by atoms with E-state index in [9.17, 15) is 4.79 Å². The first kappa shape index (κ1) is 11.9. The van der Waals surface area contributed by atoms with Crippen LogP contribution in [0.15, 0.2) is 0 Å². The summed E-state index contributed by atoms with van der Waals surface area (Å²) in [7, 11) is 0. The number of ketones is 1. The van der Waals surface area contributed by atoms with Crippen molar-refractivity contribution in [2.75, 3.05) is 4.43 Å². The fourth-order valence-corrected chi connectivity index (χ4v) is 4.07. The Hall–Kier alpha value is 0.400. The van der Waals surface area contributed by atoms with E-state index in [-0.39, 0.29) is 0 Å². The lowest BCUT2D eigenvalue weighted by molar-refractivity contribution is -0.120. The molecule has 2 aliphatic rings. The molecule has 0 aromatic rings. The van der Waals surface area contributed by atoms with Gasteiger partial charge in [0.1, 0.15) is 5.78 Å². The smallest absolute Gasteiger partial charge is 0.145 e. The van der Waals surface area contributed by atoms with Gasteiger partial charge in [-0.2, -0.15) is 0 Å². The number of carbonyl (C=O) groups is 1. The van der Waals surface area contributed by atoms with Crippen molar-refractivity contribution in [3.63, 3.8) is 0 Å². The highest BCUT2D eigenvalue weighted by Crippen LogP contribution is 2.40. The maximum Gasteiger partial charge on any atom is 0.145 e. The third kappa shape index (κ3) is 2.95. The summed E-state index contributed by atoms with van der Waals surface area (Å²) < 4.78 is 0.720. The SMILES string of the molecule is O=C(CI)C1CCC2CCCCC2CC1. The summed E-state index contributed by atoms with van der Waals surface area (Å²) in [6.45, 7) is 0. The summed E-state index contributed by atoms with van der Waals surface area (Å²) >= 11 is 2.22. The van der Waals surface area contributed by atoms with Crippen LogP contribution >= 0.6 is 22.6 Å². The third-order valence-electron chi connectivity index (χ3n) is 4.43. The fourth-order valence-electron chi connectivity index (χ4n) is 3.45. The van der Waals surface area contributed by atoms with Crippen molar-refractivity contribution in [2.24, 2.45) is 17.8 Å². The van der Waals surface area contributed by atoms with Crippen molar-refractivity contribution in [3.05, 3.63) is 0 Å². The molecule has 15 heavy (non-hydrogen) atoms.